The minimum absolute atomic E-state index is 0.0182. The van der Waals surface area contributed by atoms with Crippen LogP contribution in [-0.2, 0) is 9.59 Å². The van der Waals surface area contributed by atoms with Gasteiger partial charge in [0.2, 0.25) is 5.91 Å². The number of aliphatic carboxylic acids is 1. The smallest absolute Gasteiger partial charge is 0.303 e. The molecule has 0 saturated carbocycles. The molecule has 5 nitrogen and oxygen atoms in total. The number of hydrogen-bond acceptors (Lipinski definition) is 3. The summed E-state index contributed by atoms with van der Waals surface area (Å²) in [5.74, 6) is -0.188. The van der Waals surface area contributed by atoms with E-state index in [1.165, 1.54) is 0 Å². The van der Waals surface area contributed by atoms with E-state index in [0.29, 0.717) is 32.0 Å². The molecule has 0 fully saturated rings. The summed E-state index contributed by atoms with van der Waals surface area (Å²) in [5, 5.41) is 11.5. The van der Waals surface area contributed by atoms with Gasteiger partial charge >= 0.3 is 5.97 Å². The van der Waals surface area contributed by atoms with Crippen molar-refractivity contribution in [1.82, 2.24) is 10.2 Å². The van der Waals surface area contributed by atoms with Crippen LogP contribution < -0.4 is 5.32 Å². The molecular weight excluding hydrogens is 244 g/mol. The third-order valence-electron chi connectivity index (χ3n) is 2.96. The van der Waals surface area contributed by atoms with Crippen LogP contribution in [0.5, 0.6) is 0 Å². The second-order valence-electron chi connectivity index (χ2n) is 5.59. The molecule has 0 spiro atoms. The number of nitrogens with zero attached hydrogens (tertiary/aromatic N) is 1. The number of amides is 1. The minimum atomic E-state index is -0.787. The quantitative estimate of drug-likeness (QED) is 0.635. The van der Waals surface area contributed by atoms with Crippen molar-refractivity contribution < 1.29 is 14.7 Å². The number of carboxylic acids is 1. The Morgan fingerprint density at radius 1 is 1.21 bits per heavy atom. The van der Waals surface area contributed by atoms with Gasteiger partial charge in [-0.05, 0) is 39.2 Å². The first-order valence-electron chi connectivity index (χ1n) is 7.05. The fourth-order valence-electron chi connectivity index (χ4n) is 1.69. The van der Waals surface area contributed by atoms with Crippen molar-refractivity contribution in [3.8, 4) is 0 Å². The van der Waals surface area contributed by atoms with E-state index in [9.17, 15) is 9.59 Å². The summed E-state index contributed by atoms with van der Waals surface area (Å²) in [5.41, 5.74) is 0. The summed E-state index contributed by atoms with van der Waals surface area (Å²) in [6, 6.07) is 0.240. The molecular formula is C14H28N2O3. The Kier molecular flexibility index (Phi) is 9.21. The monoisotopic (exact) mass is 272 g/mol. The van der Waals surface area contributed by atoms with Gasteiger partial charge in [-0.15, -0.1) is 0 Å². The van der Waals surface area contributed by atoms with Crippen molar-refractivity contribution in [2.24, 2.45) is 5.92 Å². The molecule has 0 rings (SSSR count). The zero-order chi connectivity index (χ0) is 14.8. The van der Waals surface area contributed by atoms with E-state index in [1.54, 1.807) is 0 Å². The molecule has 0 aliphatic rings. The SMILES string of the molecule is CC(C)CCNC(=O)CN(CCCC(=O)O)C(C)C. The molecule has 19 heavy (non-hydrogen) atoms. The number of carbonyl (C=O) groups excluding carboxylic acids is 1. The Morgan fingerprint density at radius 3 is 2.32 bits per heavy atom. The Bertz CT molecular complexity index is 278. The summed E-state index contributed by atoms with van der Waals surface area (Å²) >= 11 is 0. The van der Waals surface area contributed by atoms with E-state index in [2.05, 4.69) is 19.2 Å². The van der Waals surface area contributed by atoms with Gasteiger partial charge in [0.25, 0.3) is 0 Å². The molecule has 1 amide bonds. The molecule has 0 unspecified atom stereocenters. The summed E-state index contributed by atoms with van der Waals surface area (Å²) in [4.78, 5) is 24.3. The second-order valence-corrected chi connectivity index (χ2v) is 5.59. The molecule has 0 atom stereocenters. The van der Waals surface area contributed by atoms with Crippen LogP contribution in [0, 0.1) is 5.92 Å². The summed E-state index contributed by atoms with van der Waals surface area (Å²) in [6.45, 7) is 9.97. The van der Waals surface area contributed by atoms with Crippen molar-refractivity contribution in [3.05, 3.63) is 0 Å². The van der Waals surface area contributed by atoms with Gasteiger partial charge in [0.05, 0.1) is 6.54 Å². The molecule has 0 aliphatic carbocycles. The Hall–Kier alpha value is -1.10. The van der Waals surface area contributed by atoms with Crippen molar-refractivity contribution in [3.63, 3.8) is 0 Å². The second kappa shape index (κ2) is 9.78. The standard InChI is InChI=1S/C14H28N2O3/c1-11(2)7-8-15-13(17)10-16(12(3)4)9-5-6-14(18)19/h11-12H,5-10H2,1-4H3,(H,15,17)(H,18,19). The first-order valence-corrected chi connectivity index (χ1v) is 7.05. The molecule has 0 aromatic carbocycles. The molecule has 0 aromatic rings. The highest BCUT2D eigenvalue weighted by atomic mass is 16.4. The fourth-order valence-corrected chi connectivity index (χ4v) is 1.69. The Balaban J connectivity index is 3.97. The van der Waals surface area contributed by atoms with E-state index in [4.69, 9.17) is 5.11 Å². The normalized spacial score (nSPS) is 11.3. The number of hydrogen-bond donors (Lipinski definition) is 2. The third kappa shape index (κ3) is 10.5. The molecule has 0 heterocycles. The van der Waals surface area contributed by atoms with Crippen LogP contribution in [-0.4, -0.2) is 47.6 Å². The lowest BCUT2D eigenvalue weighted by Gasteiger charge is -2.25. The van der Waals surface area contributed by atoms with E-state index in [1.807, 2.05) is 18.7 Å². The molecule has 0 aliphatic heterocycles. The van der Waals surface area contributed by atoms with Gasteiger partial charge in [0.15, 0.2) is 0 Å². The summed E-state index contributed by atoms with van der Waals surface area (Å²) < 4.78 is 0. The van der Waals surface area contributed by atoms with E-state index in [0.717, 1.165) is 6.42 Å². The lowest BCUT2D eigenvalue weighted by atomic mass is 10.1. The molecule has 112 valence electrons. The van der Waals surface area contributed by atoms with Crippen LogP contribution in [0.4, 0.5) is 0 Å². The van der Waals surface area contributed by atoms with Gasteiger partial charge in [-0.1, -0.05) is 13.8 Å². The largest absolute Gasteiger partial charge is 0.481 e. The maximum atomic E-state index is 11.8. The van der Waals surface area contributed by atoms with Gasteiger partial charge in [0, 0.05) is 19.0 Å². The van der Waals surface area contributed by atoms with Crippen LogP contribution in [0.2, 0.25) is 0 Å². The van der Waals surface area contributed by atoms with Crippen molar-refractivity contribution in [2.45, 2.75) is 53.0 Å². The maximum Gasteiger partial charge on any atom is 0.303 e. The van der Waals surface area contributed by atoms with Crippen LogP contribution in [0.1, 0.15) is 47.0 Å². The topological polar surface area (TPSA) is 69.6 Å². The molecule has 0 radical (unpaired) electrons. The molecule has 0 bridgehead atoms. The average molecular weight is 272 g/mol. The van der Waals surface area contributed by atoms with Crippen LogP contribution in [0.15, 0.2) is 0 Å². The highest BCUT2D eigenvalue weighted by Crippen LogP contribution is 2.02. The highest BCUT2D eigenvalue weighted by molar-refractivity contribution is 5.78. The lowest BCUT2D eigenvalue weighted by Crippen LogP contribution is -2.41. The highest BCUT2D eigenvalue weighted by Gasteiger charge is 2.14. The molecule has 0 saturated heterocycles. The zero-order valence-corrected chi connectivity index (χ0v) is 12.6. The van der Waals surface area contributed by atoms with Crippen LogP contribution >= 0.6 is 0 Å². The van der Waals surface area contributed by atoms with E-state index >= 15 is 0 Å². The number of carboxylic acid groups (broad SMARTS) is 1. The lowest BCUT2D eigenvalue weighted by molar-refractivity contribution is -0.137. The fraction of sp³-hybridized carbons (Fsp3) is 0.857. The first-order chi connectivity index (χ1) is 8.82. The molecule has 0 aromatic heterocycles. The van der Waals surface area contributed by atoms with Gasteiger partial charge in [-0.2, -0.15) is 0 Å². The van der Waals surface area contributed by atoms with Crippen LogP contribution in [0.3, 0.4) is 0 Å². The Labute approximate surface area is 116 Å². The van der Waals surface area contributed by atoms with E-state index in [-0.39, 0.29) is 18.4 Å². The first kappa shape index (κ1) is 17.9. The van der Waals surface area contributed by atoms with Crippen LogP contribution in [0.25, 0.3) is 0 Å². The van der Waals surface area contributed by atoms with E-state index < -0.39 is 5.97 Å². The summed E-state index contributed by atoms with van der Waals surface area (Å²) in [6.07, 6.45) is 1.71. The van der Waals surface area contributed by atoms with Gasteiger partial charge in [-0.25, -0.2) is 0 Å². The van der Waals surface area contributed by atoms with Crippen molar-refractivity contribution >= 4 is 11.9 Å². The van der Waals surface area contributed by atoms with Gasteiger partial charge in [0.1, 0.15) is 0 Å². The van der Waals surface area contributed by atoms with Gasteiger partial charge in [-0.3, -0.25) is 14.5 Å². The van der Waals surface area contributed by atoms with Gasteiger partial charge < -0.3 is 10.4 Å². The summed E-state index contributed by atoms with van der Waals surface area (Å²) in [7, 11) is 0. The number of nitrogens with one attached hydrogen (secondary N) is 1. The maximum absolute atomic E-state index is 11.8. The number of rotatable bonds is 10. The molecule has 2 N–H and O–H groups in total. The minimum Gasteiger partial charge on any atom is -0.481 e. The predicted octanol–water partition coefficient (Wildman–Crippen LogP) is 1.72. The van der Waals surface area contributed by atoms with Crippen molar-refractivity contribution in [1.29, 1.82) is 0 Å². The zero-order valence-electron chi connectivity index (χ0n) is 12.6. The predicted molar refractivity (Wildman–Crippen MR) is 76.0 cm³/mol. The van der Waals surface area contributed by atoms with Crippen molar-refractivity contribution in [2.75, 3.05) is 19.6 Å². The number of carbonyl (C=O) groups is 2. The average Bonchev–Trinajstić information content (AvgIpc) is 2.26. The Morgan fingerprint density at radius 2 is 1.84 bits per heavy atom. The third-order valence-corrected chi connectivity index (χ3v) is 2.96. The molecule has 5 heteroatoms.